The first-order valence-corrected chi connectivity index (χ1v) is 4.83. The number of carbonyl (C=O) groups excluding carboxylic acids is 1. The Kier molecular flexibility index (Phi) is 3.69. The first kappa shape index (κ1) is 10.5. The van der Waals surface area contributed by atoms with Gasteiger partial charge in [-0.2, -0.15) is 0 Å². The van der Waals surface area contributed by atoms with Crippen molar-refractivity contribution >= 4 is 5.91 Å². The van der Waals surface area contributed by atoms with Crippen molar-refractivity contribution in [2.24, 2.45) is 17.7 Å². The normalized spacial score (nSPS) is 30.1. The van der Waals surface area contributed by atoms with Crippen LogP contribution < -0.4 is 11.2 Å². The van der Waals surface area contributed by atoms with Crippen molar-refractivity contribution in [1.82, 2.24) is 10.3 Å². The van der Waals surface area contributed by atoms with Gasteiger partial charge in [0.15, 0.2) is 0 Å². The molecule has 0 spiro atoms. The molecule has 0 aromatic heterocycles. The highest BCUT2D eigenvalue weighted by Gasteiger charge is 2.25. The topological polar surface area (TPSA) is 58.4 Å². The molecule has 4 nitrogen and oxygen atoms in total. The fraction of sp³-hybridized carbons (Fsp3) is 0.889. The Morgan fingerprint density at radius 2 is 2.38 bits per heavy atom. The summed E-state index contributed by atoms with van der Waals surface area (Å²) in [4.78, 5) is 11.2. The maximum absolute atomic E-state index is 11.2. The molecule has 1 aliphatic rings. The average molecular weight is 185 g/mol. The second-order valence-corrected chi connectivity index (χ2v) is 3.90. The maximum atomic E-state index is 11.2. The fourth-order valence-electron chi connectivity index (χ4n) is 1.87. The van der Waals surface area contributed by atoms with Crippen LogP contribution in [0.1, 0.15) is 19.8 Å². The molecule has 0 unspecified atom stereocenters. The fourth-order valence-corrected chi connectivity index (χ4v) is 1.87. The molecular weight excluding hydrogens is 166 g/mol. The number of hydrogen-bond acceptors (Lipinski definition) is 3. The van der Waals surface area contributed by atoms with E-state index in [-0.39, 0.29) is 5.91 Å². The van der Waals surface area contributed by atoms with Gasteiger partial charge in [-0.3, -0.25) is 10.6 Å². The van der Waals surface area contributed by atoms with Crippen molar-refractivity contribution in [1.29, 1.82) is 0 Å². The summed E-state index contributed by atoms with van der Waals surface area (Å²) in [5.41, 5.74) is 0. The van der Waals surface area contributed by atoms with Crippen LogP contribution in [0.2, 0.25) is 0 Å². The van der Waals surface area contributed by atoms with Gasteiger partial charge in [-0.1, -0.05) is 6.92 Å². The van der Waals surface area contributed by atoms with Crippen LogP contribution in [0.15, 0.2) is 0 Å². The number of piperidine rings is 1. The second-order valence-electron chi connectivity index (χ2n) is 3.90. The van der Waals surface area contributed by atoms with Gasteiger partial charge in [-0.25, -0.2) is 5.01 Å². The number of hydrazine groups is 1. The summed E-state index contributed by atoms with van der Waals surface area (Å²) < 4.78 is 0. The number of rotatable bonds is 2. The Labute approximate surface area is 79.4 Å². The Balaban J connectivity index is 2.38. The number of nitrogens with one attached hydrogen (secondary N) is 1. The Bertz CT molecular complexity index is 184. The lowest BCUT2D eigenvalue weighted by molar-refractivity contribution is -0.122. The summed E-state index contributed by atoms with van der Waals surface area (Å²) in [5, 5.41) is 4.50. The Morgan fingerprint density at radius 3 is 2.92 bits per heavy atom. The summed E-state index contributed by atoms with van der Waals surface area (Å²) in [6.07, 6.45) is 1.68. The summed E-state index contributed by atoms with van der Waals surface area (Å²) in [7, 11) is 1.69. The van der Waals surface area contributed by atoms with Crippen LogP contribution >= 0.6 is 0 Å². The zero-order chi connectivity index (χ0) is 9.84. The van der Waals surface area contributed by atoms with Gasteiger partial charge in [0.25, 0.3) is 0 Å². The van der Waals surface area contributed by atoms with Crippen molar-refractivity contribution in [3.05, 3.63) is 0 Å². The summed E-state index contributed by atoms with van der Waals surface area (Å²) in [5.74, 6) is 6.85. The molecule has 76 valence electrons. The second kappa shape index (κ2) is 4.58. The minimum absolute atomic E-state index is 0.141. The Hall–Kier alpha value is -0.610. The summed E-state index contributed by atoms with van der Waals surface area (Å²) in [6.45, 7) is 3.97. The van der Waals surface area contributed by atoms with Gasteiger partial charge < -0.3 is 5.32 Å². The van der Waals surface area contributed by atoms with Crippen molar-refractivity contribution in [2.45, 2.75) is 19.8 Å². The van der Waals surface area contributed by atoms with Crippen molar-refractivity contribution in [3.8, 4) is 0 Å². The van der Waals surface area contributed by atoms with Crippen molar-refractivity contribution in [3.63, 3.8) is 0 Å². The molecule has 0 radical (unpaired) electrons. The first-order chi connectivity index (χ1) is 6.13. The van der Waals surface area contributed by atoms with Gasteiger partial charge in [0, 0.05) is 26.6 Å². The molecule has 1 fully saturated rings. The molecule has 3 N–H and O–H groups in total. The van der Waals surface area contributed by atoms with Gasteiger partial charge in [0.2, 0.25) is 5.91 Å². The van der Waals surface area contributed by atoms with Gasteiger partial charge in [0.1, 0.15) is 0 Å². The summed E-state index contributed by atoms with van der Waals surface area (Å²) >= 11 is 0. The predicted octanol–water partition coefficient (Wildman–Crippen LogP) is -0.0458. The molecule has 1 aliphatic heterocycles. The molecule has 4 heteroatoms. The van der Waals surface area contributed by atoms with E-state index < -0.39 is 0 Å². The highest BCUT2D eigenvalue weighted by Crippen LogP contribution is 2.24. The molecule has 0 aromatic carbocycles. The van der Waals surface area contributed by atoms with Gasteiger partial charge in [0.05, 0.1) is 0 Å². The molecule has 1 amide bonds. The lowest BCUT2D eigenvalue weighted by atomic mass is 9.85. The predicted molar refractivity (Wildman–Crippen MR) is 51.7 cm³/mol. The minimum Gasteiger partial charge on any atom is -0.359 e. The third-order valence-corrected chi connectivity index (χ3v) is 2.84. The van der Waals surface area contributed by atoms with Gasteiger partial charge in [-0.05, 0) is 18.3 Å². The van der Waals surface area contributed by atoms with Crippen LogP contribution in [0.25, 0.3) is 0 Å². The third kappa shape index (κ3) is 2.97. The molecule has 13 heavy (non-hydrogen) atoms. The number of nitrogens with two attached hydrogens (primary N) is 1. The third-order valence-electron chi connectivity index (χ3n) is 2.84. The van der Waals surface area contributed by atoms with Crippen molar-refractivity contribution < 1.29 is 4.79 Å². The van der Waals surface area contributed by atoms with E-state index in [9.17, 15) is 4.79 Å². The van der Waals surface area contributed by atoms with Crippen LogP contribution in [0.5, 0.6) is 0 Å². The monoisotopic (exact) mass is 185 g/mol. The first-order valence-electron chi connectivity index (χ1n) is 4.83. The van der Waals surface area contributed by atoms with Gasteiger partial charge >= 0.3 is 0 Å². The van der Waals surface area contributed by atoms with Gasteiger partial charge in [-0.15, -0.1) is 0 Å². The highest BCUT2D eigenvalue weighted by atomic mass is 16.1. The number of carbonyl (C=O) groups is 1. The van der Waals surface area contributed by atoms with E-state index in [0.717, 1.165) is 19.5 Å². The molecule has 0 bridgehead atoms. The average Bonchev–Trinajstić information content (AvgIpc) is 2.09. The summed E-state index contributed by atoms with van der Waals surface area (Å²) in [6, 6.07) is 0. The Morgan fingerprint density at radius 1 is 1.69 bits per heavy atom. The maximum Gasteiger partial charge on any atom is 0.220 e. The minimum atomic E-state index is 0.141. The van der Waals surface area contributed by atoms with Crippen LogP contribution in [-0.4, -0.2) is 31.1 Å². The van der Waals surface area contributed by atoms with Crippen LogP contribution in [-0.2, 0) is 4.79 Å². The molecule has 0 saturated carbocycles. The molecular formula is C9H19N3O. The molecule has 2 atom stereocenters. The molecule has 1 heterocycles. The van der Waals surface area contributed by atoms with E-state index in [2.05, 4.69) is 12.2 Å². The van der Waals surface area contributed by atoms with Crippen LogP contribution in [0, 0.1) is 11.8 Å². The van der Waals surface area contributed by atoms with E-state index in [0.29, 0.717) is 18.3 Å². The lowest BCUT2D eigenvalue weighted by Crippen LogP contribution is -2.44. The van der Waals surface area contributed by atoms with E-state index in [1.54, 1.807) is 7.05 Å². The standard InChI is InChI=1S/C9H19N3O/c1-7-6-12(10)4-3-8(7)5-9(13)11-2/h7-8H,3-6,10H2,1-2H3,(H,11,13)/t7-,8+/m0/s1. The zero-order valence-electron chi connectivity index (χ0n) is 8.42. The van der Waals surface area contributed by atoms with Crippen LogP contribution in [0.4, 0.5) is 0 Å². The number of amides is 1. The molecule has 1 saturated heterocycles. The smallest absolute Gasteiger partial charge is 0.220 e. The zero-order valence-corrected chi connectivity index (χ0v) is 8.42. The number of hydrogen-bond donors (Lipinski definition) is 2. The van der Waals surface area contributed by atoms with E-state index in [1.807, 2.05) is 5.01 Å². The lowest BCUT2D eigenvalue weighted by Gasteiger charge is -2.33. The molecule has 1 rings (SSSR count). The quantitative estimate of drug-likeness (QED) is 0.593. The SMILES string of the molecule is CNC(=O)C[C@H]1CCN(N)C[C@@H]1C. The largest absolute Gasteiger partial charge is 0.359 e. The number of nitrogens with zero attached hydrogens (tertiary/aromatic N) is 1. The van der Waals surface area contributed by atoms with E-state index in [4.69, 9.17) is 5.84 Å². The highest BCUT2D eigenvalue weighted by molar-refractivity contribution is 5.75. The van der Waals surface area contributed by atoms with E-state index >= 15 is 0 Å². The molecule has 0 aliphatic carbocycles. The van der Waals surface area contributed by atoms with Crippen LogP contribution in [0.3, 0.4) is 0 Å². The van der Waals surface area contributed by atoms with E-state index in [1.165, 1.54) is 0 Å². The van der Waals surface area contributed by atoms with Crippen molar-refractivity contribution in [2.75, 3.05) is 20.1 Å². The molecule has 0 aromatic rings.